The summed E-state index contributed by atoms with van der Waals surface area (Å²) in [4.78, 5) is 0. The lowest BCUT2D eigenvalue weighted by atomic mass is 10.1. The first-order chi connectivity index (χ1) is 7.59. The molecule has 0 saturated carbocycles. The smallest absolute Gasteiger partial charge is 0.299 e. The molecule has 0 aliphatic carbocycles. The highest BCUT2D eigenvalue weighted by molar-refractivity contribution is 9.10. The van der Waals surface area contributed by atoms with Crippen LogP contribution in [0.3, 0.4) is 0 Å². The monoisotopic (exact) mass is 321 g/mol. The van der Waals surface area contributed by atoms with Crippen LogP contribution < -0.4 is 15.2 Å². The Labute approximate surface area is 110 Å². The molecule has 0 heterocycles. The van der Waals surface area contributed by atoms with Crippen LogP contribution in [0.15, 0.2) is 22.7 Å². The lowest BCUT2D eigenvalue weighted by molar-refractivity contribution is 0.494. The number of hydrogen-bond acceptors (Lipinski definition) is 3. The second-order valence-electron chi connectivity index (χ2n) is 4.69. The van der Waals surface area contributed by atoms with E-state index in [0.29, 0.717) is 15.8 Å². The van der Waals surface area contributed by atoms with Gasteiger partial charge in [0.25, 0.3) is 10.2 Å². The van der Waals surface area contributed by atoms with E-state index in [9.17, 15) is 8.42 Å². The summed E-state index contributed by atoms with van der Waals surface area (Å²) in [5, 5.41) is 0. The molecule has 0 amide bonds. The van der Waals surface area contributed by atoms with Crippen LogP contribution >= 0.6 is 15.9 Å². The summed E-state index contributed by atoms with van der Waals surface area (Å²) in [5.74, 6) is 0. The maximum Gasteiger partial charge on any atom is 0.299 e. The van der Waals surface area contributed by atoms with Gasteiger partial charge in [0.1, 0.15) is 0 Å². The first-order valence-corrected chi connectivity index (χ1v) is 7.23. The number of benzene rings is 1. The van der Waals surface area contributed by atoms with E-state index in [-0.39, 0.29) is 0 Å². The van der Waals surface area contributed by atoms with Crippen molar-refractivity contribution < 1.29 is 8.42 Å². The molecular formula is C10H16BrN3O2S. The van der Waals surface area contributed by atoms with Gasteiger partial charge in [0.2, 0.25) is 0 Å². The third-order valence-corrected chi connectivity index (χ3v) is 3.77. The van der Waals surface area contributed by atoms with E-state index in [1.807, 2.05) is 0 Å². The van der Waals surface area contributed by atoms with Crippen LogP contribution in [0.2, 0.25) is 0 Å². The van der Waals surface area contributed by atoms with E-state index >= 15 is 0 Å². The molecule has 1 rings (SSSR count). The van der Waals surface area contributed by atoms with Crippen molar-refractivity contribution in [2.24, 2.45) is 0 Å². The number of nitrogens with two attached hydrogens (primary N) is 1. The number of hydrogen-bond donors (Lipinski definition) is 3. The average Bonchev–Trinajstić information content (AvgIpc) is 2.06. The van der Waals surface area contributed by atoms with Crippen LogP contribution in [0.25, 0.3) is 0 Å². The van der Waals surface area contributed by atoms with Gasteiger partial charge in [0.15, 0.2) is 0 Å². The van der Waals surface area contributed by atoms with E-state index < -0.39 is 15.7 Å². The molecule has 4 N–H and O–H groups in total. The Morgan fingerprint density at radius 1 is 1.29 bits per heavy atom. The van der Waals surface area contributed by atoms with Crippen LogP contribution in [0.4, 0.5) is 11.4 Å². The largest absolute Gasteiger partial charge is 0.398 e. The van der Waals surface area contributed by atoms with Gasteiger partial charge in [-0.3, -0.25) is 4.72 Å². The van der Waals surface area contributed by atoms with Crippen molar-refractivity contribution in [2.45, 2.75) is 26.3 Å². The molecule has 0 atom stereocenters. The minimum atomic E-state index is -3.58. The highest BCUT2D eigenvalue weighted by Crippen LogP contribution is 2.23. The summed E-state index contributed by atoms with van der Waals surface area (Å²) in [7, 11) is -3.58. The second-order valence-corrected chi connectivity index (χ2v) is 6.96. The lowest BCUT2D eigenvalue weighted by Crippen LogP contribution is -2.43. The number of anilines is 2. The Bertz CT molecular complexity index is 509. The van der Waals surface area contributed by atoms with Gasteiger partial charge in [-0.25, -0.2) is 0 Å². The number of halogens is 1. The number of rotatable bonds is 3. The normalized spacial score (nSPS) is 12.5. The average molecular weight is 322 g/mol. The number of nitrogens with one attached hydrogen (secondary N) is 2. The van der Waals surface area contributed by atoms with Crippen LogP contribution in [0, 0.1) is 0 Å². The third kappa shape index (κ3) is 4.93. The SMILES string of the molecule is CC(C)(C)NS(=O)(=O)Nc1ccc(N)c(Br)c1. The Morgan fingerprint density at radius 2 is 1.88 bits per heavy atom. The van der Waals surface area contributed by atoms with E-state index in [0.717, 1.165) is 0 Å². The van der Waals surface area contributed by atoms with Crippen LogP contribution in [-0.2, 0) is 10.2 Å². The standard InChI is InChI=1S/C10H16BrN3O2S/c1-10(2,3)14-17(15,16)13-7-4-5-9(12)8(11)6-7/h4-6,13-14H,12H2,1-3H3. The van der Waals surface area contributed by atoms with Crippen molar-refractivity contribution in [1.82, 2.24) is 4.72 Å². The quantitative estimate of drug-likeness (QED) is 0.745. The highest BCUT2D eigenvalue weighted by atomic mass is 79.9. The zero-order valence-corrected chi connectivity index (χ0v) is 12.3. The van der Waals surface area contributed by atoms with Gasteiger partial charge in [-0.2, -0.15) is 13.1 Å². The molecule has 1 aromatic carbocycles. The van der Waals surface area contributed by atoms with E-state index in [1.54, 1.807) is 39.0 Å². The molecule has 7 heteroatoms. The van der Waals surface area contributed by atoms with Crippen molar-refractivity contribution in [3.05, 3.63) is 22.7 Å². The topological polar surface area (TPSA) is 84.2 Å². The molecule has 0 saturated heterocycles. The minimum Gasteiger partial charge on any atom is -0.398 e. The predicted octanol–water partition coefficient (Wildman–Crippen LogP) is 2.08. The Morgan fingerprint density at radius 3 is 2.35 bits per heavy atom. The molecule has 0 aromatic heterocycles. The fraction of sp³-hybridized carbons (Fsp3) is 0.400. The second kappa shape index (κ2) is 4.83. The van der Waals surface area contributed by atoms with E-state index in [2.05, 4.69) is 25.4 Å². The van der Waals surface area contributed by atoms with Gasteiger partial charge in [-0.05, 0) is 54.9 Å². The van der Waals surface area contributed by atoms with Gasteiger partial charge in [-0.15, -0.1) is 0 Å². The maximum absolute atomic E-state index is 11.7. The first-order valence-electron chi connectivity index (χ1n) is 4.96. The molecule has 0 aliphatic rings. The summed E-state index contributed by atoms with van der Waals surface area (Å²) >= 11 is 3.23. The summed E-state index contributed by atoms with van der Waals surface area (Å²) in [6, 6.07) is 4.83. The van der Waals surface area contributed by atoms with Crippen molar-refractivity contribution in [2.75, 3.05) is 10.5 Å². The van der Waals surface area contributed by atoms with Crippen molar-refractivity contribution in [1.29, 1.82) is 0 Å². The minimum absolute atomic E-state index is 0.447. The van der Waals surface area contributed by atoms with Crippen molar-refractivity contribution in [3.63, 3.8) is 0 Å². The van der Waals surface area contributed by atoms with Crippen molar-refractivity contribution >= 4 is 37.5 Å². The number of nitrogen functional groups attached to an aromatic ring is 1. The molecular weight excluding hydrogens is 306 g/mol. The Kier molecular flexibility index (Phi) is 4.06. The van der Waals surface area contributed by atoms with Gasteiger partial charge in [-0.1, -0.05) is 0 Å². The fourth-order valence-electron chi connectivity index (χ4n) is 1.17. The Hall–Kier alpha value is -0.790. The molecule has 0 radical (unpaired) electrons. The van der Waals surface area contributed by atoms with Gasteiger partial charge in [0, 0.05) is 15.7 Å². The maximum atomic E-state index is 11.7. The summed E-state index contributed by atoms with van der Waals surface area (Å²) < 4.78 is 29.0. The van der Waals surface area contributed by atoms with Crippen molar-refractivity contribution in [3.8, 4) is 0 Å². The van der Waals surface area contributed by atoms with Gasteiger partial charge in [0.05, 0.1) is 5.69 Å². The zero-order chi connectivity index (χ0) is 13.3. The van der Waals surface area contributed by atoms with E-state index in [1.165, 1.54) is 0 Å². The zero-order valence-electron chi connectivity index (χ0n) is 9.91. The van der Waals surface area contributed by atoms with Gasteiger partial charge >= 0.3 is 0 Å². The molecule has 96 valence electrons. The molecule has 5 nitrogen and oxygen atoms in total. The van der Waals surface area contributed by atoms with Crippen LogP contribution in [0.5, 0.6) is 0 Å². The highest BCUT2D eigenvalue weighted by Gasteiger charge is 2.19. The molecule has 0 aliphatic heterocycles. The van der Waals surface area contributed by atoms with Crippen LogP contribution in [0.1, 0.15) is 20.8 Å². The molecule has 0 bridgehead atoms. The van der Waals surface area contributed by atoms with Gasteiger partial charge < -0.3 is 5.73 Å². The molecule has 0 spiro atoms. The summed E-state index contributed by atoms with van der Waals surface area (Å²) in [5.41, 5.74) is 6.08. The fourth-order valence-corrected chi connectivity index (χ4v) is 2.85. The summed E-state index contributed by atoms with van der Waals surface area (Å²) in [6.45, 7) is 5.31. The molecule has 17 heavy (non-hydrogen) atoms. The van der Waals surface area contributed by atoms with Crippen LogP contribution in [-0.4, -0.2) is 14.0 Å². The van der Waals surface area contributed by atoms with E-state index in [4.69, 9.17) is 5.73 Å². The Balaban J connectivity index is 2.87. The molecule has 0 unspecified atom stereocenters. The first kappa shape index (κ1) is 14.3. The lowest BCUT2D eigenvalue weighted by Gasteiger charge is -2.21. The molecule has 1 aromatic rings. The molecule has 0 fully saturated rings. The predicted molar refractivity (Wildman–Crippen MR) is 74.0 cm³/mol. The summed E-state index contributed by atoms with van der Waals surface area (Å²) in [6.07, 6.45) is 0. The third-order valence-electron chi connectivity index (χ3n) is 1.69.